The van der Waals surface area contributed by atoms with Crippen LogP contribution in [0.2, 0.25) is 0 Å². The monoisotopic (exact) mass is 306 g/mol. The molecule has 19 heavy (non-hydrogen) atoms. The highest BCUT2D eigenvalue weighted by Crippen LogP contribution is 2.02. The fourth-order valence-electron chi connectivity index (χ4n) is 1.70. The zero-order valence-corrected chi connectivity index (χ0v) is 14.0. The van der Waals surface area contributed by atoms with Gasteiger partial charge < -0.3 is 5.32 Å². The van der Waals surface area contributed by atoms with E-state index >= 15 is 0 Å². The predicted octanol–water partition coefficient (Wildman–Crippen LogP) is 1.20. The van der Waals surface area contributed by atoms with Crippen LogP contribution in [0.5, 0.6) is 0 Å². The Hall–Kier alpha value is -0.0400. The molecule has 0 aromatic rings. The maximum Gasteiger partial charge on any atom is 0.164 e. The van der Waals surface area contributed by atoms with Crippen LogP contribution in [0.15, 0.2) is 0 Å². The molecule has 0 bridgehead atoms. The molecule has 0 aliphatic carbocycles. The predicted molar refractivity (Wildman–Crippen MR) is 86.3 cm³/mol. The lowest BCUT2D eigenvalue weighted by molar-refractivity contribution is -0.121. The van der Waals surface area contributed by atoms with Crippen LogP contribution in [0.25, 0.3) is 0 Å². The summed E-state index contributed by atoms with van der Waals surface area (Å²) >= 11 is 3.27. The van der Waals surface area contributed by atoms with Crippen LogP contribution in [0, 0.1) is 0 Å². The third-order valence-electron chi connectivity index (χ3n) is 2.77. The molecule has 0 aromatic carbocycles. The van der Waals surface area contributed by atoms with E-state index < -0.39 is 0 Å². The second kappa shape index (κ2) is 11.8. The van der Waals surface area contributed by atoms with Crippen molar-refractivity contribution in [3.05, 3.63) is 0 Å². The Morgan fingerprint density at radius 3 is 1.89 bits per heavy atom. The van der Waals surface area contributed by atoms with E-state index in [1.165, 1.54) is 0 Å². The van der Waals surface area contributed by atoms with E-state index in [0.717, 1.165) is 12.3 Å². The van der Waals surface area contributed by atoms with Gasteiger partial charge in [-0.15, -0.1) is 0 Å². The van der Waals surface area contributed by atoms with Crippen molar-refractivity contribution in [2.75, 3.05) is 37.1 Å². The van der Waals surface area contributed by atoms with Gasteiger partial charge in [0, 0.05) is 17.9 Å². The van der Waals surface area contributed by atoms with Crippen LogP contribution < -0.4 is 10.6 Å². The van der Waals surface area contributed by atoms with Crippen molar-refractivity contribution in [2.45, 2.75) is 32.4 Å². The summed E-state index contributed by atoms with van der Waals surface area (Å²) in [7, 11) is 0. The summed E-state index contributed by atoms with van der Waals surface area (Å²) < 4.78 is 0. The van der Waals surface area contributed by atoms with Crippen molar-refractivity contribution < 1.29 is 9.59 Å². The fourth-order valence-corrected chi connectivity index (χ4v) is 2.98. The van der Waals surface area contributed by atoms with E-state index in [0.29, 0.717) is 12.2 Å². The molecule has 0 heterocycles. The second-order valence-corrected chi connectivity index (χ2v) is 6.06. The molecule has 2 unspecified atom stereocenters. The first-order chi connectivity index (χ1) is 9.10. The summed E-state index contributed by atoms with van der Waals surface area (Å²) in [6, 6.07) is -0.334. The van der Waals surface area contributed by atoms with Crippen LogP contribution in [0.1, 0.15) is 20.3 Å². The third-order valence-corrected chi connectivity index (χ3v) is 4.10. The number of Topliss-reactive ketones (excluding diaryl/α,β-unsaturated/α-hetero) is 2. The molecule has 0 saturated heterocycles. The zero-order valence-electron chi connectivity index (χ0n) is 12.3. The first kappa shape index (κ1) is 19.0. The average molecular weight is 306 g/mol. The molecule has 0 saturated carbocycles. The van der Waals surface area contributed by atoms with Gasteiger partial charge in [0.25, 0.3) is 0 Å². The Morgan fingerprint density at radius 1 is 0.947 bits per heavy atom. The Balaban J connectivity index is 4.31. The number of hydrogen-bond donors (Lipinski definition) is 2. The highest BCUT2D eigenvalue weighted by atomic mass is 32.2. The molecule has 0 aromatic heterocycles. The standard InChI is InChI=1S/C13H26N2O2S2/c1-5-12(16)10(8-18-3)15-7-13(17)11(9-19-4)14-6-2/h10-11,14-15H,5-9H2,1-4H3. The summed E-state index contributed by atoms with van der Waals surface area (Å²) in [6.07, 6.45) is 4.46. The topological polar surface area (TPSA) is 58.2 Å². The van der Waals surface area contributed by atoms with Crippen molar-refractivity contribution in [2.24, 2.45) is 0 Å². The van der Waals surface area contributed by atoms with Gasteiger partial charge in [-0.05, 0) is 19.1 Å². The second-order valence-electron chi connectivity index (χ2n) is 4.24. The van der Waals surface area contributed by atoms with Gasteiger partial charge in [-0.25, -0.2) is 0 Å². The van der Waals surface area contributed by atoms with Gasteiger partial charge in [-0.3, -0.25) is 14.9 Å². The van der Waals surface area contributed by atoms with Gasteiger partial charge in [0.2, 0.25) is 0 Å². The molecule has 6 heteroatoms. The molecule has 2 atom stereocenters. The molecule has 0 fully saturated rings. The molecular weight excluding hydrogens is 280 g/mol. The highest BCUT2D eigenvalue weighted by molar-refractivity contribution is 7.98. The normalized spacial score (nSPS) is 14.1. The minimum atomic E-state index is -0.208. The molecule has 0 aliphatic heterocycles. The number of nitrogens with one attached hydrogen (secondary N) is 2. The minimum Gasteiger partial charge on any atom is -0.307 e. The lowest BCUT2D eigenvalue weighted by Crippen LogP contribution is -2.47. The quantitative estimate of drug-likeness (QED) is 0.565. The van der Waals surface area contributed by atoms with Gasteiger partial charge in [-0.1, -0.05) is 13.8 Å². The molecule has 0 radical (unpaired) electrons. The van der Waals surface area contributed by atoms with Gasteiger partial charge in [0.15, 0.2) is 5.78 Å². The van der Waals surface area contributed by atoms with E-state index in [-0.39, 0.29) is 30.2 Å². The third kappa shape index (κ3) is 7.97. The number of carbonyl (C=O) groups is 2. The van der Waals surface area contributed by atoms with Crippen molar-refractivity contribution >= 4 is 35.1 Å². The van der Waals surface area contributed by atoms with E-state index in [9.17, 15) is 9.59 Å². The Kier molecular flexibility index (Phi) is 11.7. The maximum atomic E-state index is 12.1. The molecule has 4 nitrogen and oxygen atoms in total. The van der Waals surface area contributed by atoms with Gasteiger partial charge in [0.05, 0.1) is 18.6 Å². The van der Waals surface area contributed by atoms with Crippen LogP contribution in [-0.2, 0) is 9.59 Å². The highest BCUT2D eigenvalue weighted by Gasteiger charge is 2.20. The van der Waals surface area contributed by atoms with Crippen molar-refractivity contribution in [3.63, 3.8) is 0 Å². The van der Waals surface area contributed by atoms with Gasteiger partial charge in [-0.2, -0.15) is 23.5 Å². The summed E-state index contributed by atoms with van der Waals surface area (Å²) in [4.78, 5) is 23.8. The van der Waals surface area contributed by atoms with Gasteiger partial charge >= 0.3 is 0 Å². The summed E-state index contributed by atoms with van der Waals surface area (Å²) in [5.41, 5.74) is 0. The summed E-state index contributed by atoms with van der Waals surface area (Å²) in [5.74, 6) is 1.79. The number of likely N-dealkylation sites (N-methyl/N-ethyl adjacent to an activating group) is 1. The molecule has 112 valence electrons. The number of carbonyl (C=O) groups excluding carboxylic acids is 2. The Labute approximate surface area is 125 Å². The van der Waals surface area contributed by atoms with Crippen LogP contribution >= 0.6 is 23.5 Å². The van der Waals surface area contributed by atoms with E-state index in [2.05, 4.69) is 10.6 Å². The average Bonchev–Trinajstić information content (AvgIpc) is 2.42. The zero-order chi connectivity index (χ0) is 14.7. The van der Waals surface area contributed by atoms with Gasteiger partial charge in [0.1, 0.15) is 5.78 Å². The minimum absolute atomic E-state index is 0.126. The first-order valence-corrected chi connectivity index (χ1v) is 9.39. The van der Waals surface area contributed by atoms with Crippen molar-refractivity contribution in [1.29, 1.82) is 0 Å². The van der Waals surface area contributed by atoms with E-state index in [4.69, 9.17) is 0 Å². The van der Waals surface area contributed by atoms with E-state index in [1.807, 2.05) is 26.4 Å². The molecular formula is C13H26N2O2S2. The number of thioether (sulfide) groups is 2. The van der Waals surface area contributed by atoms with Crippen LogP contribution in [0.3, 0.4) is 0 Å². The Bertz CT molecular complexity index is 269. The molecule has 2 N–H and O–H groups in total. The van der Waals surface area contributed by atoms with Crippen molar-refractivity contribution in [3.8, 4) is 0 Å². The van der Waals surface area contributed by atoms with E-state index in [1.54, 1.807) is 23.5 Å². The number of hydrogen-bond acceptors (Lipinski definition) is 6. The molecule has 0 rings (SSSR count). The first-order valence-electron chi connectivity index (χ1n) is 6.60. The van der Waals surface area contributed by atoms with Crippen molar-refractivity contribution in [1.82, 2.24) is 10.6 Å². The smallest absolute Gasteiger partial charge is 0.164 e. The summed E-state index contributed by atoms with van der Waals surface area (Å²) in [5, 5.41) is 6.28. The molecule has 0 spiro atoms. The number of ketones is 2. The maximum absolute atomic E-state index is 12.1. The molecule has 0 amide bonds. The summed E-state index contributed by atoms with van der Waals surface area (Å²) in [6.45, 7) is 4.88. The fraction of sp³-hybridized carbons (Fsp3) is 0.846. The van der Waals surface area contributed by atoms with Crippen LogP contribution in [-0.4, -0.2) is 60.8 Å². The molecule has 0 aliphatic rings. The number of rotatable bonds is 12. The lowest BCUT2D eigenvalue weighted by Gasteiger charge is -2.19. The van der Waals surface area contributed by atoms with Crippen LogP contribution in [0.4, 0.5) is 0 Å². The largest absolute Gasteiger partial charge is 0.307 e. The Morgan fingerprint density at radius 2 is 1.47 bits per heavy atom. The lowest BCUT2D eigenvalue weighted by atomic mass is 10.1. The SMILES string of the molecule is CCNC(CSC)C(=O)CNC(CSC)C(=O)CC.